The minimum Gasteiger partial charge on any atom is -0.300 e. The van der Waals surface area contributed by atoms with Gasteiger partial charge < -0.3 is 0 Å². The number of carbonyl (C=O) groups is 1. The summed E-state index contributed by atoms with van der Waals surface area (Å²) in [5, 5.41) is 2.63. The van der Waals surface area contributed by atoms with Crippen LogP contribution in [0.1, 0.15) is 24.7 Å². The summed E-state index contributed by atoms with van der Waals surface area (Å²) in [5.74, 6) is 0.724. The predicted octanol–water partition coefficient (Wildman–Crippen LogP) is 3.72. The summed E-state index contributed by atoms with van der Waals surface area (Å²) in [6, 6.07) is 8.12. The second kappa shape index (κ2) is 6.08. The van der Waals surface area contributed by atoms with Gasteiger partial charge >= 0.3 is 0 Å². The van der Waals surface area contributed by atoms with Crippen LogP contribution in [-0.2, 0) is 11.3 Å². The fraction of sp³-hybridized carbons (Fsp3) is 0.278. The lowest BCUT2D eigenvalue weighted by Gasteiger charge is -2.09. The topological polar surface area (TPSA) is 52.0 Å². The van der Waals surface area contributed by atoms with Crippen molar-refractivity contribution in [3.8, 4) is 11.1 Å². The molecule has 0 fully saturated rings. The van der Waals surface area contributed by atoms with Gasteiger partial charge in [0.05, 0.1) is 5.39 Å². The smallest absolute Gasteiger partial charge is 0.262 e. The van der Waals surface area contributed by atoms with Crippen LogP contribution in [0.15, 0.2) is 34.4 Å². The molecule has 23 heavy (non-hydrogen) atoms. The van der Waals surface area contributed by atoms with Gasteiger partial charge in [0.1, 0.15) is 16.4 Å². The van der Waals surface area contributed by atoms with Crippen LogP contribution in [0.2, 0.25) is 0 Å². The minimum absolute atomic E-state index is 0.0643. The van der Waals surface area contributed by atoms with Gasteiger partial charge in [-0.1, -0.05) is 29.8 Å². The maximum atomic E-state index is 12.9. The monoisotopic (exact) mass is 326 g/mol. The van der Waals surface area contributed by atoms with Crippen LogP contribution in [0.25, 0.3) is 21.3 Å². The molecule has 0 N–H and O–H groups in total. The molecule has 0 atom stereocenters. The third kappa shape index (κ3) is 2.97. The molecule has 2 heterocycles. The molecule has 0 spiro atoms. The summed E-state index contributed by atoms with van der Waals surface area (Å²) in [5.41, 5.74) is 3.05. The summed E-state index contributed by atoms with van der Waals surface area (Å²) in [7, 11) is 0. The zero-order chi connectivity index (χ0) is 16.6. The molecule has 118 valence electrons. The maximum Gasteiger partial charge on any atom is 0.262 e. The van der Waals surface area contributed by atoms with E-state index in [9.17, 15) is 9.59 Å². The first-order valence-electron chi connectivity index (χ1n) is 7.52. The lowest BCUT2D eigenvalue weighted by molar-refractivity contribution is -0.117. The van der Waals surface area contributed by atoms with E-state index in [-0.39, 0.29) is 11.3 Å². The average Bonchev–Trinajstić information content (AvgIpc) is 2.91. The molecule has 3 rings (SSSR count). The van der Waals surface area contributed by atoms with Crippen LogP contribution in [-0.4, -0.2) is 15.3 Å². The quantitative estimate of drug-likeness (QED) is 0.734. The lowest BCUT2D eigenvalue weighted by atomic mass is 10.0. The van der Waals surface area contributed by atoms with Gasteiger partial charge in [0, 0.05) is 23.9 Å². The maximum absolute atomic E-state index is 12.9. The van der Waals surface area contributed by atoms with Crippen LogP contribution in [0.3, 0.4) is 0 Å². The molecular weight excluding hydrogens is 308 g/mol. The number of aryl methyl sites for hydroxylation is 2. The van der Waals surface area contributed by atoms with E-state index in [1.165, 1.54) is 23.8 Å². The Labute approximate surface area is 138 Å². The van der Waals surface area contributed by atoms with Gasteiger partial charge in [0.2, 0.25) is 0 Å². The molecule has 0 aliphatic rings. The third-order valence-electron chi connectivity index (χ3n) is 3.93. The Morgan fingerprint density at radius 3 is 2.57 bits per heavy atom. The minimum atomic E-state index is -0.0643. The Balaban J connectivity index is 2.18. The Bertz CT molecular complexity index is 936. The van der Waals surface area contributed by atoms with Gasteiger partial charge in [-0.25, -0.2) is 4.98 Å². The van der Waals surface area contributed by atoms with Crippen LogP contribution >= 0.6 is 11.3 Å². The fourth-order valence-electron chi connectivity index (χ4n) is 2.60. The highest BCUT2D eigenvalue weighted by atomic mass is 32.1. The summed E-state index contributed by atoms with van der Waals surface area (Å²) >= 11 is 1.48. The molecule has 0 saturated heterocycles. The number of hydrogen-bond acceptors (Lipinski definition) is 4. The van der Waals surface area contributed by atoms with Crippen molar-refractivity contribution in [3.63, 3.8) is 0 Å². The van der Waals surface area contributed by atoms with Crippen molar-refractivity contribution in [3.05, 3.63) is 51.4 Å². The number of fused-ring (bicyclic) bond motifs is 1. The van der Waals surface area contributed by atoms with Crippen molar-refractivity contribution >= 4 is 27.3 Å². The Morgan fingerprint density at radius 2 is 1.91 bits per heavy atom. The third-order valence-corrected chi connectivity index (χ3v) is 4.81. The van der Waals surface area contributed by atoms with Gasteiger partial charge in [-0.2, -0.15) is 0 Å². The highest BCUT2D eigenvalue weighted by molar-refractivity contribution is 7.17. The summed E-state index contributed by atoms with van der Waals surface area (Å²) < 4.78 is 1.61. The first-order chi connectivity index (χ1) is 11.0. The molecule has 3 aromatic rings. The molecule has 0 aliphatic heterocycles. The Hall–Kier alpha value is -2.27. The standard InChI is InChI=1S/C18H18N2O2S/c1-11-4-6-14(7-5-11)15-10-23-17-16(15)18(22)20(13(3)19-17)9-8-12(2)21/h4-7,10H,8-9H2,1-3H3. The molecule has 4 nitrogen and oxygen atoms in total. The second-order valence-electron chi connectivity index (χ2n) is 5.76. The van der Waals surface area contributed by atoms with E-state index in [1.807, 2.05) is 43.5 Å². The zero-order valence-electron chi connectivity index (χ0n) is 13.4. The SMILES string of the molecule is CC(=O)CCn1c(C)nc2scc(-c3ccc(C)cc3)c2c1=O. The van der Waals surface area contributed by atoms with Crippen molar-refractivity contribution in [1.29, 1.82) is 0 Å². The molecule has 0 amide bonds. The van der Waals surface area contributed by atoms with E-state index >= 15 is 0 Å². The highest BCUT2D eigenvalue weighted by Crippen LogP contribution is 2.31. The number of hydrogen-bond donors (Lipinski definition) is 0. The first kappa shape index (κ1) is 15.6. The summed E-state index contributed by atoms with van der Waals surface area (Å²) in [6.45, 7) is 5.77. The van der Waals surface area contributed by atoms with Crippen LogP contribution < -0.4 is 5.56 Å². The molecule has 5 heteroatoms. The fourth-order valence-corrected chi connectivity index (χ4v) is 3.59. The van der Waals surface area contributed by atoms with E-state index < -0.39 is 0 Å². The normalized spacial score (nSPS) is 11.1. The molecule has 0 unspecified atom stereocenters. The van der Waals surface area contributed by atoms with Gasteiger partial charge in [0.15, 0.2) is 0 Å². The molecule has 1 aromatic carbocycles. The summed E-state index contributed by atoms with van der Waals surface area (Å²) in [6.07, 6.45) is 0.345. The van der Waals surface area contributed by atoms with Crippen LogP contribution in [0.5, 0.6) is 0 Å². The lowest BCUT2D eigenvalue weighted by Crippen LogP contribution is -2.24. The van der Waals surface area contributed by atoms with Crippen LogP contribution in [0, 0.1) is 13.8 Å². The van der Waals surface area contributed by atoms with E-state index in [2.05, 4.69) is 4.98 Å². The molecular formula is C18H18N2O2S. The number of thiophene rings is 1. The number of rotatable bonds is 4. The predicted molar refractivity (Wildman–Crippen MR) is 94.1 cm³/mol. The number of carbonyl (C=O) groups excluding carboxylic acids is 1. The molecule has 0 saturated carbocycles. The Morgan fingerprint density at radius 1 is 1.22 bits per heavy atom. The Kier molecular flexibility index (Phi) is 4.13. The molecule has 0 bridgehead atoms. The number of ketones is 1. The molecule has 0 aliphatic carbocycles. The van der Waals surface area contributed by atoms with Crippen molar-refractivity contribution in [1.82, 2.24) is 9.55 Å². The van der Waals surface area contributed by atoms with E-state index in [4.69, 9.17) is 0 Å². The van der Waals surface area contributed by atoms with Gasteiger partial charge in [-0.3, -0.25) is 14.2 Å². The van der Waals surface area contributed by atoms with E-state index in [1.54, 1.807) is 4.57 Å². The summed E-state index contributed by atoms with van der Waals surface area (Å²) in [4.78, 5) is 29.4. The van der Waals surface area contributed by atoms with Crippen molar-refractivity contribution < 1.29 is 4.79 Å². The molecule has 0 radical (unpaired) electrons. The highest BCUT2D eigenvalue weighted by Gasteiger charge is 2.15. The second-order valence-corrected chi connectivity index (χ2v) is 6.62. The van der Waals surface area contributed by atoms with Crippen molar-refractivity contribution in [2.45, 2.75) is 33.7 Å². The van der Waals surface area contributed by atoms with Gasteiger partial charge in [-0.05, 0) is 26.3 Å². The van der Waals surface area contributed by atoms with E-state index in [0.717, 1.165) is 16.0 Å². The van der Waals surface area contributed by atoms with Gasteiger partial charge in [0.25, 0.3) is 5.56 Å². The number of aromatic nitrogens is 2. The largest absolute Gasteiger partial charge is 0.300 e. The van der Waals surface area contributed by atoms with Crippen molar-refractivity contribution in [2.24, 2.45) is 0 Å². The van der Waals surface area contributed by atoms with E-state index in [0.29, 0.717) is 24.2 Å². The zero-order valence-corrected chi connectivity index (χ0v) is 14.2. The van der Waals surface area contributed by atoms with Gasteiger partial charge in [-0.15, -0.1) is 11.3 Å². The average molecular weight is 326 g/mol. The molecule has 2 aromatic heterocycles. The first-order valence-corrected chi connectivity index (χ1v) is 8.40. The van der Waals surface area contributed by atoms with Crippen molar-refractivity contribution in [2.75, 3.05) is 0 Å². The van der Waals surface area contributed by atoms with Crippen LogP contribution in [0.4, 0.5) is 0 Å². The number of Topliss-reactive ketones (excluding diaryl/α,β-unsaturated/α-hetero) is 1. The number of benzene rings is 1. The number of nitrogens with zero attached hydrogens (tertiary/aromatic N) is 2.